The summed E-state index contributed by atoms with van der Waals surface area (Å²) in [6, 6.07) is 0. The van der Waals surface area contributed by atoms with Crippen molar-refractivity contribution >= 4 is 22.3 Å². The van der Waals surface area contributed by atoms with Crippen LogP contribution in [0.5, 0.6) is 0 Å². The molecule has 4 aromatic rings. The van der Waals surface area contributed by atoms with E-state index in [9.17, 15) is 19.8 Å². The van der Waals surface area contributed by atoms with Crippen LogP contribution in [0, 0.1) is 5.92 Å². The van der Waals surface area contributed by atoms with Crippen LogP contribution in [0.1, 0.15) is 18.7 Å². The van der Waals surface area contributed by atoms with Gasteiger partial charge in [-0.2, -0.15) is 0 Å². The normalized spacial score (nSPS) is 21.5. The second-order valence-electron chi connectivity index (χ2n) is 8.02. The number of aromatic nitrogens is 8. The molecule has 1 fully saturated rings. The third-order valence-electron chi connectivity index (χ3n) is 6.09. The molecule has 0 bridgehead atoms. The summed E-state index contributed by atoms with van der Waals surface area (Å²) < 4.78 is 5.78. The van der Waals surface area contributed by atoms with E-state index in [0.29, 0.717) is 47.5 Å². The zero-order valence-corrected chi connectivity index (χ0v) is 17.1. The number of nitrogens with zero attached hydrogens (tertiary/aromatic N) is 8. The third kappa shape index (κ3) is 3.06. The summed E-state index contributed by atoms with van der Waals surface area (Å²) in [6.07, 6.45) is 4.74. The van der Waals surface area contributed by atoms with Crippen LogP contribution in [-0.4, -0.2) is 60.6 Å². The fourth-order valence-electron chi connectivity index (χ4n) is 4.27. The van der Waals surface area contributed by atoms with Crippen LogP contribution < -0.4 is 11.2 Å². The Balaban J connectivity index is 1.52. The third-order valence-corrected chi connectivity index (χ3v) is 6.09. The van der Waals surface area contributed by atoms with Gasteiger partial charge in [0.05, 0.1) is 37.6 Å². The first-order chi connectivity index (χ1) is 14.8. The lowest BCUT2D eigenvalue weighted by Gasteiger charge is -2.18. The number of aliphatic hydroxyl groups excluding tert-OH is 2. The number of aliphatic hydroxyl groups is 2. The van der Waals surface area contributed by atoms with E-state index < -0.39 is 23.5 Å². The van der Waals surface area contributed by atoms with Crippen LogP contribution in [0.15, 0.2) is 28.4 Å². The molecular weight excluding hydrogens is 404 g/mol. The Morgan fingerprint density at radius 2 is 1.68 bits per heavy atom. The van der Waals surface area contributed by atoms with Crippen LogP contribution in [0.4, 0.5) is 0 Å². The highest BCUT2D eigenvalue weighted by Crippen LogP contribution is 2.28. The Bertz CT molecular complexity index is 1400. The van der Waals surface area contributed by atoms with Gasteiger partial charge in [0.2, 0.25) is 0 Å². The maximum atomic E-state index is 12.6. The van der Waals surface area contributed by atoms with Crippen LogP contribution in [0.2, 0.25) is 0 Å². The minimum absolute atomic E-state index is 0.180. The molecule has 4 aromatic heterocycles. The molecule has 0 saturated heterocycles. The Labute approximate surface area is 175 Å². The minimum atomic E-state index is -0.561. The first-order valence-electron chi connectivity index (χ1n) is 9.99. The van der Waals surface area contributed by atoms with Gasteiger partial charge in [0.15, 0.2) is 22.6 Å². The van der Waals surface area contributed by atoms with Crippen molar-refractivity contribution in [3.8, 4) is 0 Å². The van der Waals surface area contributed by atoms with Gasteiger partial charge in [0.25, 0.3) is 5.56 Å². The average molecular weight is 426 g/mol. The van der Waals surface area contributed by atoms with Crippen molar-refractivity contribution in [3.63, 3.8) is 0 Å². The lowest BCUT2D eigenvalue weighted by Crippen LogP contribution is -2.37. The molecule has 31 heavy (non-hydrogen) atoms. The van der Waals surface area contributed by atoms with Crippen molar-refractivity contribution in [2.75, 3.05) is 0 Å². The van der Waals surface area contributed by atoms with Gasteiger partial charge in [0.1, 0.15) is 5.52 Å². The van der Waals surface area contributed by atoms with Gasteiger partial charge in [-0.05, 0) is 12.8 Å². The number of rotatable bonds is 4. The van der Waals surface area contributed by atoms with Gasteiger partial charge in [-0.3, -0.25) is 13.9 Å². The fraction of sp³-hybridized carbons (Fsp3) is 0.474. The molecular formula is C19H22N8O4. The maximum Gasteiger partial charge on any atom is 0.332 e. The summed E-state index contributed by atoms with van der Waals surface area (Å²) in [5, 5.41) is 20.3. The van der Waals surface area contributed by atoms with E-state index in [1.54, 1.807) is 28.7 Å². The van der Waals surface area contributed by atoms with Gasteiger partial charge >= 0.3 is 5.69 Å². The molecule has 0 spiro atoms. The smallest absolute Gasteiger partial charge is 0.332 e. The van der Waals surface area contributed by atoms with E-state index in [1.165, 1.54) is 17.9 Å². The molecule has 1 aliphatic rings. The van der Waals surface area contributed by atoms with Gasteiger partial charge in [-0.1, -0.05) is 0 Å². The molecule has 1 aliphatic carbocycles. The quantitative estimate of drug-likeness (QED) is 0.412. The van der Waals surface area contributed by atoms with Gasteiger partial charge in [0, 0.05) is 26.6 Å². The molecule has 0 aromatic carbocycles. The summed E-state index contributed by atoms with van der Waals surface area (Å²) in [5.41, 5.74) is 0.884. The number of fused-ring (bicyclic) bond motifs is 2. The van der Waals surface area contributed by atoms with Crippen molar-refractivity contribution in [1.29, 1.82) is 0 Å². The van der Waals surface area contributed by atoms with Crippen LogP contribution in [0.25, 0.3) is 22.3 Å². The topological polar surface area (TPSA) is 146 Å². The zero-order chi connectivity index (χ0) is 21.9. The summed E-state index contributed by atoms with van der Waals surface area (Å²) in [5.74, 6) is 0.162. The number of hydrogen-bond acceptors (Lipinski definition) is 8. The summed E-state index contributed by atoms with van der Waals surface area (Å²) >= 11 is 0. The molecule has 5 rings (SSSR count). The molecule has 12 heteroatoms. The number of imidazole rings is 2. The van der Waals surface area contributed by atoms with Crippen molar-refractivity contribution < 1.29 is 10.2 Å². The molecule has 2 unspecified atom stereocenters. The Hall–Kier alpha value is -3.38. The molecule has 0 radical (unpaired) electrons. The summed E-state index contributed by atoms with van der Waals surface area (Å²) in [4.78, 5) is 42.2. The fourth-order valence-corrected chi connectivity index (χ4v) is 4.27. The monoisotopic (exact) mass is 426 g/mol. The standard InChI is InChI=1S/C19H22N8O4/c1-24-17-15(18(30)25(2)19(24)31)26(9-22-17)7-14-20-5-11-16(23-14)27(8-21-11)6-10-12(28)3-4-13(10)29/h5,8-10,12-13,28-29H,3-4,6-7H2,1-2H3. The maximum absolute atomic E-state index is 12.6. The highest BCUT2D eigenvalue weighted by atomic mass is 16.3. The summed E-state index contributed by atoms with van der Waals surface area (Å²) in [7, 11) is 2.99. The van der Waals surface area contributed by atoms with Crippen LogP contribution in [0.3, 0.4) is 0 Å². The van der Waals surface area contributed by atoms with E-state index in [-0.39, 0.29) is 12.5 Å². The molecule has 12 nitrogen and oxygen atoms in total. The van der Waals surface area contributed by atoms with Gasteiger partial charge < -0.3 is 19.3 Å². The van der Waals surface area contributed by atoms with Crippen molar-refractivity contribution in [1.82, 2.24) is 38.2 Å². The molecule has 1 saturated carbocycles. The number of aryl methyl sites for hydroxylation is 1. The predicted molar refractivity (Wildman–Crippen MR) is 109 cm³/mol. The van der Waals surface area contributed by atoms with Crippen molar-refractivity contribution in [2.45, 2.75) is 38.1 Å². The SMILES string of the molecule is Cn1c(=O)c2c(ncn2Cc2ncc3ncn(CC4C(O)CCC4O)c3n2)n(C)c1=O. The van der Waals surface area contributed by atoms with Crippen molar-refractivity contribution in [3.05, 3.63) is 45.5 Å². The largest absolute Gasteiger partial charge is 0.393 e. The Morgan fingerprint density at radius 3 is 2.42 bits per heavy atom. The second-order valence-corrected chi connectivity index (χ2v) is 8.02. The second kappa shape index (κ2) is 7.10. The molecule has 0 amide bonds. The van der Waals surface area contributed by atoms with E-state index in [0.717, 1.165) is 4.57 Å². The lowest BCUT2D eigenvalue weighted by atomic mass is 10.0. The average Bonchev–Trinajstić information content (AvgIpc) is 3.44. The number of hydrogen-bond donors (Lipinski definition) is 2. The molecule has 2 N–H and O–H groups in total. The minimum Gasteiger partial charge on any atom is -0.393 e. The Morgan fingerprint density at radius 1 is 0.968 bits per heavy atom. The molecule has 4 heterocycles. The van der Waals surface area contributed by atoms with E-state index in [1.807, 2.05) is 0 Å². The van der Waals surface area contributed by atoms with Crippen LogP contribution >= 0.6 is 0 Å². The van der Waals surface area contributed by atoms with Gasteiger partial charge in [-0.25, -0.2) is 24.7 Å². The van der Waals surface area contributed by atoms with Crippen LogP contribution in [-0.2, 0) is 27.2 Å². The lowest BCUT2D eigenvalue weighted by molar-refractivity contribution is 0.0559. The Kier molecular flexibility index (Phi) is 4.48. The highest BCUT2D eigenvalue weighted by Gasteiger charge is 2.34. The first kappa shape index (κ1) is 19.6. The predicted octanol–water partition coefficient (Wildman–Crippen LogP) is -1.25. The van der Waals surface area contributed by atoms with Gasteiger partial charge in [-0.15, -0.1) is 0 Å². The van der Waals surface area contributed by atoms with Crippen molar-refractivity contribution in [2.24, 2.45) is 20.0 Å². The molecule has 162 valence electrons. The highest BCUT2D eigenvalue weighted by molar-refractivity contribution is 5.71. The van der Waals surface area contributed by atoms with E-state index in [2.05, 4.69) is 19.9 Å². The summed E-state index contributed by atoms with van der Waals surface area (Å²) in [6.45, 7) is 0.575. The van der Waals surface area contributed by atoms with E-state index in [4.69, 9.17) is 0 Å². The molecule has 2 atom stereocenters. The molecule has 0 aliphatic heterocycles. The first-order valence-corrected chi connectivity index (χ1v) is 9.99. The zero-order valence-electron chi connectivity index (χ0n) is 17.1. The van der Waals surface area contributed by atoms with E-state index >= 15 is 0 Å².